The molecular weight excluding hydrogens is 494 g/mol. The topological polar surface area (TPSA) is 208 Å². The van der Waals surface area contributed by atoms with Crippen molar-refractivity contribution in [1.29, 1.82) is 0 Å². The Balaban J connectivity index is 1.62. The van der Waals surface area contributed by atoms with E-state index in [1.54, 1.807) is 0 Å². The van der Waals surface area contributed by atoms with Crippen molar-refractivity contribution in [2.75, 3.05) is 31.2 Å². The maximum absolute atomic E-state index is 12.2. The van der Waals surface area contributed by atoms with E-state index in [0.717, 1.165) is 30.5 Å². The standard InChI is InChI=1S/C22H19N5O10/c28-19-18(13-23-22(31)24-19)25(9-11-36-20(29)14-1-5-16(6-2-14)26(32)33)10-12-37-21(30)15-3-7-17(8-4-15)27(34)35/h1-8,13H,9-12H2,(H2,23,24,28,31). The van der Waals surface area contributed by atoms with Gasteiger partial charge in [-0.05, 0) is 24.3 Å². The molecule has 0 aliphatic rings. The van der Waals surface area contributed by atoms with Crippen molar-refractivity contribution < 1.29 is 28.9 Å². The van der Waals surface area contributed by atoms with E-state index in [0.29, 0.717) is 0 Å². The van der Waals surface area contributed by atoms with Crippen molar-refractivity contribution in [3.05, 3.63) is 107 Å². The first kappa shape index (κ1) is 26.3. The number of hydrogen-bond acceptors (Lipinski definition) is 11. The summed E-state index contributed by atoms with van der Waals surface area (Å²) in [5.41, 5.74) is -1.67. The number of hydrogen-bond donors (Lipinski definition) is 2. The molecule has 0 spiro atoms. The number of benzene rings is 2. The summed E-state index contributed by atoms with van der Waals surface area (Å²) >= 11 is 0. The highest BCUT2D eigenvalue weighted by atomic mass is 16.6. The number of aromatic amines is 2. The maximum atomic E-state index is 12.2. The number of rotatable bonds is 11. The summed E-state index contributed by atoms with van der Waals surface area (Å²) in [6.45, 7) is -0.513. The molecule has 0 unspecified atom stereocenters. The monoisotopic (exact) mass is 513 g/mol. The van der Waals surface area contributed by atoms with Crippen LogP contribution in [0.1, 0.15) is 20.7 Å². The Labute approximate surface area is 206 Å². The highest BCUT2D eigenvalue weighted by Gasteiger charge is 2.16. The van der Waals surface area contributed by atoms with E-state index in [4.69, 9.17) is 9.47 Å². The minimum Gasteiger partial charge on any atom is -0.460 e. The highest BCUT2D eigenvalue weighted by molar-refractivity contribution is 5.90. The number of ether oxygens (including phenoxy) is 2. The largest absolute Gasteiger partial charge is 0.460 e. The third kappa shape index (κ3) is 7.08. The molecule has 15 nitrogen and oxygen atoms in total. The minimum absolute atomic E-state index is 0.0115. The van der Waals surface area contributed by atoms with Gasteiger partial charge in [-0.3, -0.25) is 30.0 Å². The quantitative estimate of drug-likeness (QED) is 0.213. The number of anilines is 1. The number of nitro benzene ring substituents is 2. The molecule has 0 aliphatic carbocycles. The number of H-pyrrole nitrogens is 2. The van der Waals surface area contributed by atoms with Gasteiger partial charge in [0.15, 0.2) is 0 Å². The summed E-state index contributed by atoms with van der Waals surface area (Å²) in [5.74, 6) is -1.51. The zero-order valence-electron chi connectivity index (χ0n) is 18.9. The van der Waals surface area contributed by atoms with Gasteiger partial charge in [0.2, 0.25) is 0 Å². The van der Waals surface area contributed by atoms with Gasteiger partial charge in [-0.25, -0.2) is 14.4 Å². The first-order valence-corrected chi connectivity index (χ1v) is 10.6. The van der Waals surface area contributed by atoms with Gasteiger partial charge in [0.25, 0.3) is 16.9 Å². The number of carbonyl (C=O) groups is 2. The molecule has 1 heterocycles. The Kier molecular flexibility index (Phi) is 8.43. The molecule has 0 amide bonds. The van der Waals surface area contributed by atoms with Gasteiger partial charge in [0.05, 0.1) is 34.1 Å². The number of nitrogens with zero attached hydrogens (tertiary/aromatic N) is 3. The van der Waals surface area contributed by atoms with Crippen LogP contribution in [0, 0.1) is 20.2 Å². The summed E-state index contributed by atoms with van der Waals surface area (Å²) in [6.07, 6.45) is 1.15. The Bertz CT molecular complexity index is 1340. The second-order valence-corrected chi connectivity index (χ2v) is 7.32. The number of nitro groups is 2. The van der Waals surface area contributed by atoms with Crippen LogP contribution in [0.3, 0.4) is 0 Å². The SMILES string of the molecule is O=C(OCCN(CCOC(=O)c1ccc([N+](=O)[O-])cc1)c1c[nH]c(=O)[nH]c1=O)c1ccc([N+](=O)[O-])cc1. The van der Waals surface area contributed by atoms with Crippen molar-refractivity contribution in [3.63, 3.8) is 0 Å². The number of carbonyl (C=O) groups excluding carboxylic acids is 2. The molecule has 2 N–H and O–H groups in total. The summed E-state index contributed by atoms with van der Waals surface area (Å²) in [4.78, 5) is 74.2. The van der Waals surface area contributed by atoms with Gasteiger partial charge in [0, 0.05) is 30.5 Å². The molecule has 15 heteroatoms. The summed E-state index contributed by atoms with van der Waals surface area (Å²) in [7, 11) is 0. The van der Waals surface area contributed by atoms with Crippen molar-refractivity contribution in [2.45, 2.75) is 0 Å². The molecule has 0 saturated carbocycles. The van der Waals surface area contributed by atoms with Crippen LogP contribution in [0.2, 0.25) is 0 Å². The van der Waals surface area contributed by atoms with Gasteiger partial charge in [-0.2, -0.15) is 0 Å². The van der Waals surface area contributed by atoms with Crippen LogP contribution in [0.5, 0.6) is 0 Å². The molecule has 2 aromatic carbocycles. The zero-order valence-corrected chi connectivity index (χ0v) is 18.9. The van der Waals surface area contributed by atoms with Crippen molar-refractivity contribution in [1.82, 2.24) is 9.97 Å². The normalized spacial score (nSPS) is 10.4. The zero-order chi connectivity index (χ0) is 26.9. The van der Waals surface area contributed by atoms with E-state index in [1.807, 2.05) is 0 Å². The van der Waals surface area contributed by atoms with Gasteiger partial charge in [0.1, 0.15) is 18.9 Å². The maximum Gasteiger partial charge on any atom is 0.338 e. The highest BCUT2D eigenvalue weighted by Crippen LogP contribution is 2.14. The third-order valence-corrected chi connectivity index (χ3v) is 4.96. The van der Waals surface area contributed by atoms with E-state index in [9.17, 15) is 39.4 Å². The number of aromatic nitrogens is 2. The lowest BCUT2D eigenvalue weighted by Crippen LogP contribution is -2.37. The average molecular weight is 513 g/mol. The second-order valence-electron chi connectivity index (χ2n) is 7.32. The smallest absolute Gasteiger partial charge is 0.338 e. The van der Waals surface area contributed by atoms with E-state index < -0.39 is 33.0 Å². The van der Waals surface area contributed by atoms with Crippen LogP contribution < -0.4 is 16.1 Å². The first-order valence-electron chi connectivity index (χ1n) is 10.6. The van der Waals surface area contributed by atoms with Crippen molar-refractivity contribution in [2.24, 2.45) is 0 Å². The fourth-order valence-electron chi connectivity index (χ4n) is 3.09. The molecule has 37 heavy (non-hydrogen) atoms. The molecule has 3 aromatic rings. The summed E-state index contributed by atoms with van der Waals surface area (Å²) in [6, 6.07) is 9.57. The van der Waals surface area contributed by atoms with Gasteiger partial charge < -0.3 is 19.4 Å². The number of esters is 2. The molecule has 0 aliphatic heterocycles. The van der Waals surface area contributed by atoms with Gasteiger partial charge in [-0.1, -0.05) is 0 Å². The number of nitrogens with one attached hydrogen (secondary N) is 2. The van der Waals surface area contributed by atoms with Crippen LogP contribution in [0.4, 0.5) is 17.1 Å². The molecule has 0 atom stereocenters. The Hall–Kier alpha value is -5.34. The van der Waals surface area contributed by atoms with E-state index in [1.165, 1.54) is 29.2 Å². The van der Waals surface area contributed by atoms with Crippen molar-refractivity contribution >= 4 is 29.0 Å². The van der Waals surface area contributed by atoms with Gasteiger partial charge in [-0.15, -0.1) is 0 Å². The van der Waals surface area contributed by atoms with Crippen LogP contribution in [0.15, 0.2) is 64.3 Å². The second kappa shape index (κ2) is 11.9. The van der Waals surface area contributed by atoms with E-state index in [-0.39, 0.29) is 54.5 Å². The molecule has 0 saturated heterocycles. The molecule has 0 fully saturated rings. The average Bonchev–Trinajstić information content (AvgIpc) is 2.88. The Morgan fingerprint density at radius 1 is 0.784 bits per heavy atom. The van der Waals surface area contributed by atoms with Crippen LogP contribution in [0.25, 0.3) is 0 Å². The Morgan fingerprint density at radius 3 is 1.59 bits per heavy atom. The van der Waals surface area contributed by atoms with Crippen molar-refractivity contribution in [3.8, 4) is 0 Å². The van der Waals surface area contributed by atoms with Gasteiger partial charge >= 0.3 is 17.6 Å². The molecule has 192 valence electrons. The fraction of sp³-hybridized carbons (Fsp3) is 0.182. The van der Waals surface area contributed by atoms with Crippen LogP contribution in [-0.4, -0.2) is 58.1 Å². The summed E-state index contributed by atoms with van der Waals surface area (Å²) < 4.78 is 10.3. The molecule has 0 radical (unpaired) electrons. The fourth-order valence-corrected chi connectivity index (χ4v) is 3.09. The lowest BCUT2D eigenvalue weighted by atomic mass is 10.2. The van der Waals surface area contributed by atoms with Crippen LogP contribution in [-0.2, 0) is 9.47 Å². The lowest BCUT2D eigenvalue weighted by Gasteiger charge is -2.23. The molecule has 0 bridgehead atoms. The van der Waals surface area contributed by atoms with Crippen LogP contribution >= 0.6 is 0 Å². The van der Waals surface area contributed by atoms with E-state index >= 15 is 0 Å². The number of non-ortho nitro benzene ring substituents is 2. The molecule has 3 rings (SSSR count). The lowest BCUT2D eigenvalue weighted by molar-refractivity contribution is -0.385. The summed E-state index contributed by atoms with van der Waals surface area (Å²) in [5, 5.41) is 21.5. The first-order chi connectivity index (χ1) is 17.7. The molecular formula is C22H19N5O10. The predicted molar refractivity (Wildman–Crippen MR) is 127 cm³/mol. The molecule has 1 aromatic heterocycles. The Morgan fingerprint density at radius 2 is 1.22 bits per heavy atom. The van der Waals surface area contributed by atoms with E-state index in [2.05, 4.69) is 9.97 Å². The predicted octanol–water partition coefficient (Wildman–Crippen LogP) is 1.40. The third-order valence-electron chi connectivity index (χ3n) is 4.96. The minimum atomic E-state index is -0.755.